The quantitative estimate of drug-likeness (QED) is 0.508. The number of pyridine rings is 1. The van der Waals surface area contributed by atoms with Crippen molar-refractivity contribution in [2.24, 2.45) is 0 Å². The van der Waals surface area contributed by atoms with Crippen LogP contribution in [0.2, 0.25) is 0 Å². The summed E-state index contributed by atoms with van der Waals surface area (Å²) in [6, 6.07) is 25.3. The number of fused-ring (bicyclic) bond motifs is 1. The van der Waals surface area contributed by atoms with E-state index >= 15 is 0 Å². The number of para-hydroxylation sites is 1. The number of nitrogen functional groups attached to an aromatic ring is 1. The SMILES string of the molecule is Cc1ccc(-c2c(N)nc3ccccc3c2-c2ccc(C)cc2)cc1. The number of anilines is 1. The van der Waals surface area contributed by atoms with E-state index in [0.29, 0.717) is 5.82 Å². The van der Waals surface area contributed by atoms with Crippen LogP contribution in [0.1, 0.15) is 11.1 Å². The van der Waals surface area contributed by atoms with Crippen molar-refractivity contribution in [1.82, 2.24) is 4.98 Å². The summed E-state index contributed by atoms with van der Waals surface area (Å²) in [5.74, 6) is 0.568. The standard InChI is InChI=1S/C23H20N2/c1-15-7-11-17(12-8-15)21-19-5-3-4-6-20(19)25-23(24)22(21)18-13-9-16(2)10-14-18/h3-14H,1-2H3,(H2,24,25). The molecule has 0 unspecified atom stereocenters. The number of rotatable bonds is 2. The molecule has 2 nitrogen and oxygen atoms in total. The maximum atomic E-state index is 6.41. The Balaban J connectivity index is 2.10. The lowest BCUT2D eigenvalue weighted by atomic mass is 9.91. The van der Waals surface area contributed by atoms with Crippen LogP contribution in [0.4, 0.5) is 5.82 Å². The van der Waals surface area contributed by atoms with Crippen LogP contribution in [0.25, 0.3) is 33.2 Å². The predicted octanol–water partition coefficient (Wildman–Crippen LogP) is 5.77. The summed E-state index contributed by atoms with van der Waals surface area (Å²) in [4.78, 5) is 4.66. The maximum absolute atomic E-state index is 6.41. The monoisotopic (exact) mass is 324 g/mol. The lowest BCUT2D eigenvalue weighted by Crippen LogP contribution is -1.99. The molecule has 0 bridgehead atoms. The third-order valence-corrected chi connectivity index (χ3v) is 4.60. The summed E-state index contributed by atoms with van der Waals surface area (Å²) in [5.41, 5.74) is 14.2. The van der Waals surface area contributed by atoms with E-state index in [1.54, 1.807) is 0 Å². The minimum absolute atomic E-state index is 0.568. The molecule has 0 fully saturated rings. The summed E-state index contributed by atoms with van der Waals surface area (Å²) >= 11 is 0. The molecule has 4 rings (SSSR count). The van der Waals surface area contributed by atoms with Crippen molar-refractivity contribution >= 4 is 16.7 Å². The number of hydrogen-bond acceptors (Lipinski definition) is 2. The third kappa shape index (κ3) is 2.76. The molecule has 25 heavy (non-hydrogen) atoms. The van der Waals surface area contributed by atoms with Gasteiger partial charge in [0.25, 0.3) is 0 Å². The smallest absolute Gasteiger partial charge is 0.132 e. The molecule has 1 aromatic heterocycles. The molecule has 0 aliphatic carbocycles. The molecule has 0 aliphatic rings. The predicted molar refractivity (Wildman–Crippen MR) is 107 cm³/mol. The highest BCUT2D eigenvalue weighted by Crippen LogP contribution is 2.40. The van der Waals surface area contributed by atoms with Crippen LogP contribution in [-0.4, -0.2) is 4.98 Å². The Kier molecular flexibility index (Phi) is 3.73. The zero-order valence-corrected chi connectivity index (χ0v) is 14.5. The number of nitrogens with two attached hydrogens (primary N) is 1. The summed E-state index contributed by atoms with van der Waals surface area (Å²) in [5, 5.41) is 1.12. The molecule has 4 aromatic rings. The minimum atomic E-state index is 0.568. The van der Waals surface area contributed by atoms with Crippen molar-refractivity contribution < 1.29 is 0 Å². The number of benzene rings is 3. The fourth-order valence-electron chi connectivity index (χ4n) is 3.26. The fraction of sp³-hybridized carbons (Fsp3) is 0.0870. The molecule has 2 heteroatoms. The highest BCUT2D eigenvalue weighted by Gasteiger charge is 2.16. The first-order valence-corrected chi connectivity index (χ1v) is 8.46. The van der Waals surface area contributed by atoms with Crippen LogP contribution >= 0.6 is 0 Å². The first-order chi connectivity index (χ1) is 12.1. The second kappa shape index (κ2) is 6.06. The highest BCUT2D eigenvalue weighted by molar-refractivity contribution is 6.05. The van der Waals surface area contributed by atoms with E-state index in [4.69, 9.17) is 5.73 Å². The molecule has 0 saturated carbocycles. The van der Waals surface area contributed by atoms with Crippen LogP contribution < -0.4 is 5.73 Å². The average molecular weight is 324 g/mol. The Bertz CT molecular complexity index is 1050. The van der Waals surface area contributed by atoms with E-state index < -0.39 is 0 Å². The second-order valence-electron chi connectivity index (χ2n) is 6.50. The van der Waals surface area contributed by atoms with Gasteiger partial charge in [-0.15, -0.1) is 0 Å². The number of aromatic nitrogens is 1. The van der Waals surface area contributed by atoms with Gasteiger partial charge in [-0.3, -0.25) is 0 Å². The summed E-state index contributed by atoms with van der Waals surface area (Å²) in [6.45, 7) is 4.19. The van der Waals surface area contributed by atoms with Crippen molar-refractivity contribution in [3.8, 4) is 22.3 Å². The van der Waals surface area contributed by atoms with Gasteiger partial charge in [-0.2, -0.15) is 0 Å². The van der Waals surface area contributed by atoms with E-state index in [9.17, 15) is 0 Å². The van der Waals surface area contributed by atoms with Gasteiger partial charge in [-0.05, 0) is 31.0 Å². The number of nitrogens with zero attached hydrogens (tertiary/aromatic N) is 1. The molecule has 1 heterocycles. The van der Waals surface area contributed by atoms with E-state index in [1.165, 1.54) is 11.1 Å². The van der Waals surface area contributed by atoms with Gasteiger partial charge >= 0.3 is 0 Å². The Morgan fingerprint density at radius 3 is 1.76 bits per heavy atom. The normalized spacial score (nSPS) is 11.0. The molecule has 0 aliphatic heterocycles. The van der Waals surface area contributed by atoms with E-state index in [2.05, 4.69) is 79.5 Å². The first-order valence-electron chi connectivity index (χ1n) is 8.46. The van der Waals surface area contributed by atoms with Crippen LogP contribution in [-0.2, 0) is 0 Å². The fourth-order valence-corrected chi connectivity index (χ4v) is 3.26. The van der Waals surface area contributed by atoms with Crippen molar-refractivity contribution in [3.63, 3.8) is 0 Å². The van der Waals surface area contributed by atoms with Crippen LogP contribution in [0, 0.1) is 13.8 Å². The van der Waals surface area contributed by atoms with E-state index in [-0.39, 0.29) is 0 Å². The molecular weight excluding hydrogens is 304 g/mol. The Morgan fingerprint density at radius 1 is 0.640 bits per heavy atom. The Morgan fingerprint density at radius 2 is 1.16 bits per heavy atom. The lowest BCUT2D eigenvalue weighted by molar-refractivity contribution is 1.40. The van der Waals surface area contributed by atoms with Crippen molar-refractivity contribution in [2.45, 2.75) is 13.8 Å². The zero-order chi connectivity index (χ0) is 17.4. The second-order valence-corrected chi connectivity index (χ2v) is 6.50. The summed E-state index contributed by atoms with van der Waals surface area (Å²) < 4.78 is 0. The van der Waals surface area contributed by atoms with Gasteiger partial charge in [0.05, 0.1) is 5.52 Å². The van der Waals surface area contributed by atoms with Gasteiger partial charge in [0.1, 0.15) is 5.82 Å². The molecule has 2 N–H and O–H groups in total. The van der Waals surface area contributed by atoms with E-state index in [0.717, 1.165) is 33.2 Å². The van der Waals surface area contributed by atoms with Crippen molar-refractivity contribution in [2.75, 3.05) is 5.73 Å². The molecule has 0 atom stereocenters. The van der Waals surface area contributed by atoms with Crippen molar-refractivity contribution in [3.05, 3.63) is 83.9 Å². The molecule has 0 saturated heterocycles. The molecule has 122 valence electrons. The van der Waals surface area contributed by atoms with Gasteiger partial charge < -0.3 is 5.73 Å². The van der Waals surface area contributed by atoms with Gasteiger partial charge in [-0.1, -0.05) is 77.9 Å². The maximum Gasteiger partial charge on any atom is 0.132 e. The average Bonchev–Trinajstić information content (AvgIpc) is 2.62. The highest BCUT2D eigenvalue weighted by atomic mass is 14.8. The van der Waals surface area contributed by atoms with Gasteiger partial charge in [0, 0.05) is 16.5 Å². The number of hydrogen-bond donors (Lipinski definition) is 1. The Hall–Kier alpha value is -3.13. The van der Waals surface area contributed by atoms with Crippen molar-refractivity contribution in [1.29, 1.82) is 0 Å². The first kappa shape index (κ1) is 15.4. The zero-order valence-electron chi connectivity index (χ0n) is 14.5. The van der Waals surface area contributed by atoms with Crippen LogP contribution in [0.3, 0.4) is 0 Å². The largest absolute Gasteiger partial charge is 0.383 e. The minimum Gasteiger partial charge on any atom is -0.383 e. The molecule has 0 spiro atoms. The van der Waals surface area contributed by atoms with Gasteiger partial charge in [-0.25, -0.2) is 4.98 Å². The number of aryl methyl sites for hydroxylation is 2. The van der Waals surface area contributed by atoms with E-state index in [1.807, 2.05) is 12.1 Å². The van der Waals surface area contributed by atoms with Crippen LogP contribution in [0.15, 0.2) is 72.8 Å². The summed E-state index contributed by atoms with van der Waals surface area (Å²) in [7, 11) is 0. The topological polar surface area (TPSA) is 38.9 Å². The summed E-state index contributed by atoms with van der Waals surface area (Å²) in [6.07, 6.45) is 0. The molecular formula is C23H20N2. The van der Waals surface area contributed by atoms with Crippen LogP contribution in [0.5, 0.6) is 0 Å². The lowest BCUT2D eigenvalue weighted by Gasteiger charge is -2.16. The molecule has 3 aromatic carbocycles. The third-order valence-electron chi connectivity index (χ3n) is 4.60. The molecule has 0 radical (unpaired) electrons. The molecule has 0 amide bonds. The van der Waals surface area contributed by atoms with Gasteiger partial charge in [0.2, 0.25) is 0 Å². The Labute approximate surface area is 148 Å². The van der Waals surface area contributed by atoms with Gasteiger partial charge in [0.15, 0.2) is 0 Å².